The number of carbonyl (C=O) groups is 2. The average molecular weight is 608 g/mol. The van der Waals surface area contributed by atoms with Gasteiger partial charge in [-0.25, -0.2) is 8.42 Å². The number of hydrogen-bond donors (Lipinski definition) is 1. The van der Waals surface area contributed by atoms with Crippen molar-refractivity contribution in [2.45, 2.75) is 96.1 Å². The van der Waals surface area contributed by atoms with E-state index in [9.17, 15) is 18.0 Å². The highest BCUT2D eigenvalue weighted by Crippen LogP contribution is 2.60. The third-order valence-corrected chi connectivity index (χ3v) is 11.0. The maximum Gasteiger partial charge on any atom is 0.244 e. The van der Waals surface area contributed by atoms with E-state index in [-0.39, 0.29) is 23.8 Å². The van der Waals surface area contributed by atoms with E-state index in [4.69, 9.17) is 0 Å². The van der Waals surface area contributed by atoms with Gasteiger partial charge in [-0.15, -0.1) is 0 Å². The highest BCUT2D eigenvalue weighted by atomic mass is 32.2. The second kappa shape index (κ2) is 12.3. The molecule has 0 spiro atoms. The number of amides is 2. The molecule has 1 N–H and O–H groups in total. The molecule has 43 heavy (non-hydrogen) atoms. The summed E-state index contributed by atoms with van der Waals surface area (Å²) in [6.45, 7) is 7.56. The van der Waals surface area contributed by atoms with Crippen LogP contribution in [0.3, 0.4) is 0 Å². The van der Waals surface area contributed by atoms with E-state index in [1.807, 2.05) is 70.2 Å². The minimum atomic E-state index is -3.77. The van der Waals surface area contributed by atoms with Crippen LogP contribution in [0.25, 0.3) is 0 Å². The van der Waals surface area contributed by atoms with Crippen molar-refractivity contribution in [2.24, 2.45) is 17.8 Å². The van der Waals surface area contributed by atoms with Crippen molar-refractivity contribution in [3.8, 4) is 0 Å². The van der Waals surface area contributed by atoms with Gasteiger partial charge in [-0.2, -0.15) is 0 Å². The predicted molar refractivity (Wildman–Crippen MR) is 172 cm³/mol. The normalized spacial score (nSPS) is 25.3. The molecule has 1 unspecified atom stereocenters. The van der Waals surface area contributed by atoms with Crippen LogP contribution >= 0.6 is 0 Å². The Hall–Kier alpha value is -2.87. The number of hydrogen-bond acceptors (Lipinski definition) is 4. The fourth-order valence-corrected chi connectivity index (χ4v) is 9.26. The van der Waals surface area contributed by atoms with E-state index in [1.165, 1.54) is 48.4 Å². The Balaban J connectivity index is 1.38. The smallest absolute Gasteiger partial charge is 0.244 e. The summed E-state index contributed by atoms with van der Waals surface area (Å²) >= 11 is 0. The van der Waals surface area contributed by atoms with Crippen molar-refractivity contribution >= 4 is 27.5 Å². The van der Waals surface area contributed by atoms with E-state index in [0.29, 0.717) is 25.1 Å². The summed E-state index contributed by atoms with van der Waals surface area (Å²) < 4.78 is 27.4. The average Bonchev–Trinajstić information content (AvgIpc) is 2.92. The number of nitrogens with one attached hydrogen (secondary N) is 1. The van der Waals surface area contributed by atoms with Gasteiger partial charge in [-0.3, -0.25) is 13.9 Å². The van der Waals surface area contributed by atoms with Crippen LogP contribution in [0, 0.1) is 17.8 Å². The van der Waals surface area contributed by atoms with Crippen molar-refractivity contribution in [1.29, 1.82) is 0 Å². The van der Waals surface area contributed by atoms with Crippen LogP contribution < -0.4 is 9.62 Å². The number of carbonyl (C=O) groups excluding carboxylic acids is 2. The van der Waals surface area contributed by atoms with E-state index < -0.39 is 21.6 Å². The number of benzene rings is 2. The third kappa shape index (κ3) is 7.27. The monoisotopic (exact) mass is 607 g/mol. The molecule has 0 saturated heterocycles. The molecule has 4 fully saturated rings. The Morgan fingerprint density at radius 2 is 1.49 bits per heavy atom. The van der Waals surface area contributed by atoms with Crippen molar-refractivity contribution in [3.63, 3.8) is 0 Å². The lowest BCUT2D eigenvalue weighted by Crippen LogP contribution is -2.56. The van der Waals surface area contributed by atoms with Gasteiger partial charge in [0.1, 0.15) is 12.6 Å². The first kappa shape index (κ1) is 31.6. The zero-order valence-corrected chi connectivity index (χ0v) is 27.3. The molecule has 6 rings (SSSR count). The summed E-state index contributed by atoms with van der Waals surface area (Å²) in [5.41, 5.74) is 2.59. The zero-order valence-electron chi connectivity index (χ0n) is 26.5. The fourth-order valence-electron chi connectivity index (χ4n) is 8.41. The summed E-state index contributed by atoms with van der Waals surface area (Å²) in [6.07, 6.45) is 9.93. The molecule has 8 heteroatoms. The summed E-state index contributed by atoms with van der Waals surface area (Å²) in [5.74, 6) is 1.84. The zero-order chi connectivity index (χ0) is 31.0. The molecule has 0 aromatic heterocycles. The molecule has 2 aromatic carbocycles. The predicted octanol–water partition coefficient (Wildman–Crippen LogP) is 5.69. The van der Waals surface area contributed by atoms with Gasteiger partial charge in [0, 0.05) is 12.1 Å². The SMILES string of the molecule is CCC(C(=O)NC(C)(C)C)N(CCc1ccccc1)C(=O)CN(c1ccc(C23CC4CC(CC(C4)C2)C3)cc1)S(C)(=O)=O. The molecule has 0 radical (unpaired) electrons. The second-order valence-electron chi connectivity index (χ2n) is 14.5. The van der Waals surface area contributed by atoms with Gasteiger partial charge in [-0.05, 0) is 119 Å². The summed E-state index contributed by atoms with van der Waals surface area (Å²) in [5, 5.41) is 3.01. The Morgan fingerprint density at radius 3 is 1.98 bits per heavy atom. The lowest BCUT2D eigenvalue weighted by atomic mass is 9.48. The van der Waals surface area contributed by atoms with Crippen molar-refractivity contribution in [3.05, 3.63) is 65.7 Å². The number of sulfonamides is 1. The van der Waals surface area contributed by atoms with E-state index in [2.05, 4.69) is 17.4 Å². The van der Waals surface area contributed by atoms with Gasteiger partial charge in [0.15, 0.2) is 0 Å². The maximum absolute atomic E-state index is 14.0. The first-order valence-electron chi connectivity index (χ1n) is 16.0. The number of nitrogens with zero attached hydrogens (tertiary/aromatic N) is 2. The molecule has 1 atom stereocenters. The molecule has 234 valence electrons. The summed E-state index contributed by atoms with van der Waals surface area (Å²) in [4.78, 5) is 28.9. The molecule has 4 aliphatic rings. The molecule has 4 bridgehead atoms. The Bertz CT molecular complexity index is 1360. The fraction of sp³-hybridized carbons (Fsp3) is 0.600. The van der Waals surface area contributed by atoms with E-state index in [0.717, 1.165) is 29.6 Å². The van der Waals surface area contributed by atoms with Gasteiger partial charge < -0.3 is 10.2 Å². The van der Waals surface area contributed by atoms with Crippen LogP contribution in [0.15, 0.2) is 54.6 Å². The minimum absolute atomic E-state index is 0.210. The summed E-state index contributed by atoms with van der Waals surface area (Å²) in [7, 11) is -3.77. The van der Waals surface area contributed by atoms with Crippen molar-refractivity contribution < 1.29 is 18.0 Å². The molecule has 4 saturated carbocycles. The van der Waals surface area contributed by atoms with Crippen LogP contribution in [0.4, 0.5) is 5.69 Å². The Kier molecular flexibility index (Phi) is 8.99. The molecule has 2 amide bonds. The topological polar surface area (TPSA) is 86.8 Å². The van der Waals surface area contributed by atoms with E-state index >= 15 is 0 Å². The highest BCUT2D eigenvalue weighted by molar-refractivity contribution is 7.92. The quantitative estimate of drug-likeness (QED) is 0.356. The van der Waals surface area contributed by atoms with E-state index in [1.54, 1.807) is 4.90 Å². The van der Waals surface area contributed by atoms with Crippen LogP contribution in [0.1, 0.15) is 83.8 Å². The number of anilines is 1. The number of rotatable bonds is 11. The minimum Gasteiger partial charge on any atom is -0.350 e. The van der Waals surface area contributed by atoms with Crippen LogP contribution in [0.2, 0.25) is 0 Å². The van der Waals surface area contributed by atoms with Crippen LogP contribution in [0.5, 0.6) is 0 Å². The molecular weight excluding hydrogens is 558 g/mol. The molecular formula is C35H49N3O4S. The van der Waals surface area contributed by atoms with Crippen LogP contribution in [-0.2, 0) is 31.4 Å². The second-order valence-corrected chi connectivity index (χ2v) is 16.4. The van der Waals surface area contributed by atoms with Gasteiger partial charge in [0.2, 0.25) is 21.8 Å². The summed E-state index contributed by atoms with van der Waals surface area (Å²) in [6, 6.07) is 17.1. The Labute approximate surface area is 258 Å². The lowest BCUT2D eigenvalue weighted by Gasteiger charge is -2.57. The van der Waals surface area contributed by atoms with Gasteiger partial charge in [0.05, 0.1) is 11.9 Å². The largest absolute Gasteiger partial charge is 0.350 e. The first-order chi connectivity index (χ1) is 20.3. The highest BCUT2D eigenvalue weighted by Gasteiger charge is 2.51. The van der Waals surface area contributed by atoms with Gasteiger partial charge in [0.25, 0.3) is 0 Å². The van der Waals surface area contributed by atoms with Crippen molar-refractivity contribution in [1.82, 2.24) is 10.2 Å². The van der Waals surface area contributed by atoms with Gasteiger partial charge >= 0.3 is 0 Å². The van der Waals surface area contributed by atoms with Crippen molar-refractivity contribution in [2.75, 3.05) is 23.7 Å². The molecule has 0 heterocycles. The third-order valence-electron chi connectivity index (χ3n) is 9.85. The first-order valence-corrected chi connectivity index (χ1v) is 17.8. The molecule has 7 nitrogen and oxygen atoms in total. The molecule has 0 aliphatic heterocycles. The molecule has 2 aromatic rings. The lowest BCUT2D eigenvalue weighted by molar-refractivity contribution is -0.140. The Morgan fingerprint density at radius 1 is 0.930 bits per heavy atom. The molecule has 4 aliphatic carbocycles. The maximum atomic E-state index is 14.0. The van der Waals surface area contributed by atoms with Crippen LogP contribution in [-0.4, -0.2) is 56.1 Å². The standard InChI is InChI=1S/C35H49N3O4S/c1-6-31(33(40)36-34(2,3)4)37(17-16-25-10-8-7-9-11-25)32(39)24-38(43(5,41)42)30-14-12-29(13-15-30)35-21-26-18-27(22-35)20-28(19-26)23-35/h7-15,26-28,31H,6,16-24H2,1-5H3,(H,36,40). The van der Waals surface area contributed by atoms with Gasteiger partial charge in [-0.1, -0.05) is 49.4 Å².